The number of hydrogen-bond donors (Lipinski definition) is 1. The van der Waals surface area contributed by atoms with E-state index >= 15 is 0 Å². The van der Waals surface area contributed by atoms with Crippen molar-refractivity contribution in [3.63, 3.8) is 0 Å². The lowest BCUT2D eigenvalue weighted by molar-refractivity contribution is -0.161. The summed E-state index contributed by atoms with van der Waals surface area (Å²) in [6.45, 7) is 3.53. The highest BCUT2D eigenvalue weighted by molar-refractivity contribution is 5.59. The maximum absolute atomic E-state index is 8.97. The van der Waals surface area contributed by atoms with Crippen LogP contribution in [0.3, 0.4) is 0 Å². The predicted octanol–water partition coefficient (Wildman–Crippen LogP) is 0.807. The molecule has 1 atom stereocenters. The van der Waals surface area contributed by atoms with Crippen LogP contribution in [0.1, 0.15) is 13.8 Å². The van der Waals surface area contributed by atoms with Gasteiger partial charge >= 0.3 is 0 Å². The van der Waals surface area contributed by atoms with Gasteiger partial charge in [-0.15, -0.1) is 0 Å². The molecule has 0 saturated carbocycles. The number of nitrogens with two attached hydrogens (primary N) is 1. The second-order valence-corrected chi connectivity index (χ2v) is 3.31. The standard InChI is InChI=1S/C11H10N4O2/c1-3-16-11(2)9(7(4-12)5-13)8(6-14)10(15)17-11/h3,15H2,1-2H3/t11-/m0/s1. The van der Waals surface area contributed by atoms with Crippen LogP contribution in [0.2, 0.25) is 0 Å². The van der Waals surface area contributed by atoms with E-state index in [0.717, 1.165) is 0 Å². The molecule has 0 fully saturated rings. The van der Waals surface area contributed by atoms with Crippen LogP contribution >= 0.6 is 0 Å². The molecule has 1 rings (SSSR count). The lowest BCUT2D eigenvalue weighted by atomic mass is 9.97. The minimum Gasteiger partial charge on any atom is -0.442 e. The van der Waals surface area contributed by atoms with Crippen LogP contribution in [0.4, 0.5) is 0 Å². The maximum Gasteiger partial charge on any atom is 0.239 e. The molecule has 0 spiro atoms. The van der Waals surface area contributed by atoms with Crippen molar-refractivity contribution in [2.75, 3.05) is 6.61 Å². The summed E-state index contributed by atoms with van der Waals surface area (Å²) in [5.41, 5.74) is 5.36. The fourth-order valence-electron chi connectivity index (χ4n) is 1.64. The first-order valence-electron chi connectivity index (χ1n) is 4.82. The average Bonchev–Trinajstić information content (AvgIpc) is 2.53. The van der Waals surface area contributed by atoms with Crippen molar-refractivity contribution in [3.8, 4) is 18.2 Å². The largest absolute Gasteiger partial charge is 0.442 e. The van der Waals surface area contributed by atoms with E-state index in [4.69, 9.17) is 31.0 Å². The van der Waals surface area contributed by atoms with Gasteiger partial charge in [0.1, 0.15) is 29.4 Å². The molecule has 6 nitrogen and oxygen atoms in total. The van der Waals surface area contributed by atoms with Crippen LogP contribution in [0.25, 0.3) is 0 Å². The first-order chi connectivity index (χ1) is 8.03. The molecular weight excluding hydrogens is 220 g/mol. The molecule has 0 amide bonds. The molecule has 2 N–H and O–H groups in total. The summed E-state index contributed by atoms with van der Waals surface area (Å²) in [4.78, 5) is 0. The second kappa shape index (κ2) is 4.57. The average molecular weight is 230 g/mol. The van der Waals surface area contributed by atoms with Crippen LogP contribution in [0, 0.1) is 34.0 Å². The van der Waals surface area contributed by atoms with Crippen LogP contribution in [-0.2, 0) is 9.47 Å². The Hall–Kier alpha value is -2.49. The molecule has 17 heavy (non-hydrogen) atoms. The lowest BCUT2D eigenvalue weighted by Crippen LogP contribution is -2.32. The third kappa shape index (κ3) is 1.92. The minimum absolute atomic E-state index is 0.0287. The van der Waals surface area contributed by atoms with Crippen molar-refractivity contribution in [1.82, 2.24) is 0 Å². The fourth-order valence-corrected chi connectivity index (χ4v) is 1.64. The summed E-state index contributed by atoms with van der Waals surface area (Å²) >= 11 is 0. The summed E-state index contributed by atoms with van der Waals surface area (Å²) in [5.74, 6) is -1.49. The van der Waals surface area contributed by atoms with Crippen LogP contribution in [0.15, 0.2) is 22.6 Å². The minimum atomic E-state index is -1.36. The number of allylic oxidation sites excluding steroid dienone is 1. The number of ether oxygens (including phenoxy) is 2. The summed E-state index contributed by atoms with van der Waals surface area (Å²) < 4.78 is 10.6. The van der Waals surface area contributed by atoms with Crippen molar-refractivity contribution in [2.24, 2.45) is 5.73 Å². The van der Waals surface area contributed by atoms with Gasteiger partial charge < -0.3 is 15.2 Å². The summed E-state index contributed by atoms with van der Waals surface area (Å²) in [6.07, 6.45) is 0. The molecule has 0 aromatic carbocycles. The Balaban J connectivity index is 3.48. The summed E-state index contributed by atoms with van der Waals surface area (Å²) in [5, 5.41) is 26.7. The van der Waals surface area contributed by atoms with E-state index in [2.05, 4.69) is 0 Å². The Labute approximate surface area is 98.7 Å². The zero-order valence-corrected chi connectivity index (χ0v) is 9.44. The van der Waals surface area contributed by atoms with E-state index in [9.17, 15) is 0 Å². The van der Waals surface area contributed by atoms with E-state index < -0.39 is 5.79 Å². The first-order valence-corrected chi connectivity index (χ1v) is 4.82. The lowest BCUT2D eigenvalue weighted by Gasteiger charge is -2.25. The van der Waals surface area contributed by atoms with E-state index in [1.54, 1.807) is 19.1 Å². The molecule has 86 valence electrons. The molecule has 1 heterocycles. The molecule has 0 radical (unpaired) electrons. The van der Waals surface area contributed by atoms with Gasteiger partial charge in [0, 0.05) is 13.5 Å². The summed E-state index contributed by atoms with van der Waals surface area (Å²) in [7, 11) is 0. The number of rotatable bonds is 2. The Morgan fingerprint density at radius 1 is 1.41 bits per heavy atom. The van der Waals surface area contributed by atoms with Crippen molar-refractivity contribution in [1.29, 1.82) is 15.8 Å². The summed E-state index contributed by atoms with van der Waals surface area (Å²) in [6, 6.07) is 5.24. The highest BCUT2D eigenvalue weighted by Crippen LogP contribution is 2.39. The van der Waals surface area contributed by atoms with E-state index in [1.165, 1.54) is 6.92 Å². The molecule has 0 saturated heterocycles. The van der Waals surface area contributed by atoms with Gasteiger partial charge in [-0.3, -0.25) is 0 Å². The van der Waals surface area contributed by atoms with Crippen LogP contribution < -0.4 is 5.73 Å². The zero-order chi connectivity index (χ0) is 13.1. The van der Waals surface area contributed by atoms with Gasteiger partial charge in [-0.2, -0.15) is 15.8 Å². The highest BCUT2D eigenvalue weighted by atomic mass is 16.7. The maximum atomic E-state index is 8.97. The molecule has 0 unspecified atom stereocenters. The van der Waals surface area contributed by atoms with Gasteiger partial charge in [-0.25, -0.2) is 0 Å². The zero-order valence-electron chi connectivity index (χ0n) is 9.44. The normalized spacial score (nSPS) is 22.4. The molecule has 0 aromatic heterocycles. The van der Waals surface area contributed by atoms with Gasteiger partial charge in [0.2, 0.25) is 11.7 Å². The molecule has 1 aliphatic rings. The molecular formula is C11H10N4O2. The number of nitriles is 3. The number of hydrogen-bond acceptors (Lipinski definition) is 6. The Kier molecular flexibility index (Phi) is 3.38. The molecule has 6 heteroatoms. The smallest absolute Gasteiger partial charge is 0.239 e. The van der Waals surface area contributed by atoms with Gasteiger partial charge in [0.15, 0.2) is 0 Å². The topological polar surface area (TPSA) is 116 Å². The SMILES string of the molecule is CCO[C@@]1(C)OC(N)=C(C#N)C1=C(C#N)C#N. The highest BCUT2D eigenvalue weighted by Gasteiger charge is 2.45. The van der Waals surface area contributed by atoms with Crippen molar-refractivity contribution >= 4 is 0 Å². The first kappa shape index (κ1) is 12.6. The molecule has 0 aliphatic carbocycles. The van der Waals surface area contributed by atoms with E-state index in [0.29, 0.717) is 0 Å². The number of nitrogens with zero attached hydrogens (tertiary/aromatic N) is 3. The Bertz CT molecular complexity index is 511. The second-order valence-electron chi connectivity index (χ2n) is 3.31. The van der Waals surface area contributed by atoms with Crippen molar-refractivity contribution < 1.29 is 9.47 Å². The van der Waals surface area contributed by atoms with Gasteiger partial charge in [-0.05, 0) is 6.92 Å². The molecule has 1 aliphatic heterocycles. The predicted molar refractivity (Wildman–Crippen MR) is 56.2 cm³/mol. The third-order valence-electron chi connectivity index (χ3n) is 2.26. The van der Waals surface area contributed by atoms with Gasteiger partial charge in [0.05, 0.1) is 5.57 Å². The Morgan fingerprint density at radius 3 is 2.41 bits per heavy atom. The van der Waals surface area contributed by atoms with Crippen LogP contribution in [-0.4, -0.2) is 12.4 Å². The van der Waals surface area contributed by atoms with Crippen molar-refractivity contribution in [3.05, 3.63) is 22.6 Å². The molecule has 0 aromatic rings. The third-order valence-corrected chi connectivity index (χ3v) is 2.26. The molecule has 0 bridgehead atoms. The van der Waals surface area contributed by atoms with Crippen molar-refractivity contribution in [2.45, 2.75) is 19.6 Å². The quantitative estimate of drug-likeness (QED) is 0.701. The van der Waals surface area contributed by atoms with Crippen LogP contribution in [0.5, 0.6) is 0 Å². The van der Waals surface area contributed by atoms with E-state index in [-0.39, 0.29) is 29.2 Å². The van der Waals surface area contributed by atoms with E-state index in [1.807, 2.05) is 6.07 Å². The van der Waals surface area contributed by atoms with Gasteiger partial charge in [0.25, 0.3) is 0 Å². The fraction of sp³-hybridized carbons (Fsp3) is 0.364. The van der Waals surface area contributed by atoms with Gasteiger partial charge in [-0.1, -0.05) is 0 Å². The monoisotopic (exact) mass is 230 g/mol. The Morgan fingerprint density at radius 2 is 2.00 bits per heavy atom.